The topological polar surface area (TPSA) is 56.2 Å². The minimum Gasteiger partial charge on any atom is -0.471 e. The number of nitrogens with zero attached hydrogens (tertiary/aromatic N) is 2. The Morgan fingerprint density at radius 2 is 1.86 bits per heavy atom. The third-order valence-electron chi connectivity index (χ3n) is 4.47. The van der Waals surface area contributed by atoms with Crippen molar-refractivity contribution in [3.05, 3.63) is 76.6 Å². The average molecular weight is 398 g/mol. The summed E-state index contributed by atoms with van der Waals surface area (Å²) >= 11 is 6.09. The first-order chi connectivity index (χ1) is 13.2. The fourth-order valence-corrected chi connectivity index (χ4v) is 2.85. The Morgan fingerprint density at radius 3 is 2.54 bits per heavy atom. The minimum atomic E-state index is -0.293. The largest absolute Gasteiger partial charge is 0.471 e. The van der Waals surface area contributed by atoms with Crippen molar-refractivity contribution in [2.24, 2.45) is 0 Å². The van der Waals surface area contributed by atoms with Crippen LogP contribution in [0.15, 0.2) is 54.7 Å². The fraction of sp³-hybridized carbons (Fsp3) is 0.273. The lowest BCUT2D eigenvalue weighted by molar-refractivity contribution is 0.102. The van der Waals surface area contributed by atoms with Crippen molar-refractivity contribution in [1.82, 2.24) is 9.78 Å². The van der Waals surface area contributed by atoms with E-state index in [-0.39, 0.29) is 18.1 Å². The summed E-state index contributed by atoms with van der Waals surface area (Å²) in [6.45, 7) is 8.59. The molecular weight excluding hydrogens is 374 g/mol. The second-order valence-electron chi connectivity index (χ2n) is 7.65. The molecule has 0 unspecified atom stereocenters. The van der Waals surface area contributed by atoms with Gasteiger partial charge in [0.15, 0.2) is 12.4 Å². The highest BCUT2D eigenvalue weighted by Gasteiger charge is 2.14. The maximum absolute atomic E-state index is 12.4. The molecule has 0 aliphatic carbocycles. The smallest absolute Gasteiger partial charge is 0.276 e. The van der Waals surface area contributed by atoms with Crippen LogP contribution in [0.5, 0.6) is 5.75 Å². The molecule has 0 radical (unpaired) electrons. The molecule has 28 heavy (non-hydrogen) atoms. The minimum absolute atomic E-state index is 0.101. The Labute approximate surface area is 170 Å². The molecule has 5 nitrogen and oxygen atoms in total. The molecule has 0 saturated carbocycles. The van der Waals surface area contributed by atoms with Crippen LogP contribution in [0, 0.1) is 6.92 Å². The number of nitrogens with one attached hydrogen (secondary N) is 1. The molecule has 3 aromatic rings. The molecule has 0 aliphatic rings. The van der Waals surface area contributed by atoms with E-state index in [0.29, 0.717) is 16.4 Å². The third kappa shape index (κ3) is 4.73. The maximum atomic E-state index is 12.4. The number of hydrogen-bond acceptors (Lipinski definition) is 3. The predicted molar refractivity (Wildman–Crippen MR) is 112 cm³/mol. The van der Waals surface area contributed by atoms with Gasteiger partial charge in [-0.05, 0) is 53.8 Å². The highest BCUT2D eigenvalue weighted by atomic mass is 35.5. The summed E-state index contributed by atoms with van der Waals surface area (Å²) in [7, 11) is 0. The van der Waals surface area contributed by atoms with Crippen molar-refractivity contribution in [1.29, 1.82) is 0 Å². The Balaban J connectivity index is 1.61. The van der Waals surface area contributed by atoms with Gasteiger partial charge in [0.2, 0.25) is 0 Å². The van der Waals surface area contributed by atoms with Crippen molar-refractivity contribution in [2.75, 3.05) is 5.32 Å². The Bertz CT molecular complexity index is 972. The lowest BCUT2D eigenvalue weighted by atomic mass is 9.87. The van der Waals surface area contributed by atoms with E-state index in [4.69, 9.17) is 16.3 Å². The molecule has 0 bridgehead atoms. The quantitative estimate of drug-likeness (QED) is 0.624. The van der Waals surface area contributed by atoms with E-state index in [2.05, 4.69) is 43.3 Å². The molecule has 6 heteroatoms. The number of benzene rings is 2. The molecule has 0 saturated heterocycles. The summed E-state index contributed by atoms with van der Waals surface area (Å²) in [5, 5.41) is 7.72. The van der Waals surface area contributed by atoms with Crippen molar-refractivity contribution in [3.8, 4) is 5.75 Å². The number of rotatable bonds is 5. The van der Waals surface area contributed by atoms with E-state index in [1.807, 2.05) is 19.1 Å². The molecular formula is C22H24ClN3O2. The van der Waals surface area contributed by atoms with E-state index < -0.39 is 0 Å². The van der Waals surface area contributed by atoms with Crippen LogP contribution in [0.2, 0.25) is 5.02 Å². The predicted octanol–water partition coefficient (Wildman–Crippen LogP) is 5.43. The van der Waals surface area contributed by atoms with Gasteiger partial charge in [-0.2, -0.15) is 5.10 Å². The number of carbonyl (C=O) groups excluding carboxylic acids is 1. The van der Waals surface area contributed by atoms with Crippen molar-refractivity contribution in [3.63, 3.8) is 0 Å². The SMILES string of the molecule is Cc1c(Cl)cccc1NC(=O)c1ccn(COc2ccc(C(C)(C)C)cc2)n1. The van der Waals surface area contributed by atoms with Crippen LogP contribution in [0.4, 0.5) is 5.69 Å². The van der Waals surface area contributed by atoms with Crippen LogP contribution in [0.1, 0.15) is 42.4 Å². The summed E-state index contributed by atoms with van der Waals surface area (Å²) < 4.78 is 7.34. The van der Waals surface area contributed by atoms with Crippen molar-refractivity contribution >= 4 is 23.2 Å². The number of carbonyl (C=O) groups is 1. The summed E-state index contributed by atoms with van der Waals surface area (Å²) in [5.41, 5.74) is 3.14. The first-order valence-corrected chi connectivity index (χ1v) is 9.45. The lowest BCUT2D eigenvalue weighted by Crippen LogP contribution is -2.15. The van der Waals surface area contributed by atoms with Gasteiger partial charge >= 0.3 is 0 Å². The van der Waals surface area contributed by atoms with Crippen LogP contribution in [-0.2, 0) is 12.1 Å². The molecule has 0 spiro atoms. The van der Waals surface area contributed by atoms with Gasteiger partial charge in [0.1, 0.15) is 5.75 Å². The van der Waals surface area contributed by atoms with Gasteiger partial charge in [-0.15, -0.1) is 0 Å². The van der Waals surface area contributed by atoms with Crippen LogP contribution < -0.4 is 10.1 Å². The summed E-state index contributed by atoms with van der Waals surface area (Å²) in [6, 6.07) is 15.0. The van der Waals surface area contributed by atoms with Crippen LogP contribution in [-0.4, -0.2) is 15.7 Å². The highest BCUT2D eigenvalue weighted by molar-refractivity contribution is 6.31. The van der Waals surface area contributed by atoms with Gasteiger partial charge in [0.05, 0.1) is 0 Å². The molecule has 2 aromatic carbocycles. The first kappa shape index (κ1) is 20.0. The molecule has 0 aliphatic heterocycles. The monoisotopic (exact) mass is 397 g/mol. The molecule has 1 aromatic heterocycles. The second kappa shape index (κ2) is 8.07. The molecule has 1 N–H and O–H groups in total. The fourth-order valence-electron chi connectivity index (χ4n) is 2.68. The van der Waals surface area contributed by atoms with E-state index in [0.717, 1.165) is 11.3 Å². The Kier molecular flexibility index (Phi) is 5.75. The Morgan fingerprint density at radius 1 is 1.14 bits per heavy atom. The summed E-state index contributed by atoms with van der Waals surface area (Å²) in [5.74, 6) is 0.461. The van der Waals surface area contributed by atoms with Crippen LogP contribution in [0.25, 0.3) is 0 Å². The zero-order valence-corrected chi connectivity index (χ0v) is 17.2. The van der Waals surface area contributed by atoms with E-state index in [1.54, 1.807) is 35.1 Å². The number of halogens is 1. The van der Waals surface area contributed by atoms with Gasteiger partial charge in [-0.25, -0.2) is 4.68 Å². The van der Waals surface area contributed by atoms with Gasteiger partial charge < -0.3 is 10.1 Å². The molecule has 0 fully saturated rings. The Hall–Kier alpha value is -2.79. The van der Waals surface area contributed by atoms with Crippen LogP contribution >= 0.6 is 11.6 Å². The molecule has 1 heterocycles. The molecule has 146 valence electrons. The number of anilines is 1. The number of hydrogen-bond donors (Lipinski definition) is 1. The maximum Gasteiger partial charge on any atom is 0.276 e. The summed E-state index contributed by atoms with van der Waals surface area (Å²) in [4.78, 5) is 12.4. The highest BCUT2D eigenvalue weighted by Crippen LogP contribution is 2.25. The van der Waals surface area contributed by atoms with Crippen molar-refractivity contribution < 1.29 is 9.53 Å². The van der Waals surface area contributed by atoms with E-state index >= 15 is 0 Å². The molecule has 1 amide bonds. The molecule has 0 atom stereocenters. The zero-order chi connectivity index (χ0) is 20.3. The van der Waals surface area contributed by atoms with Gasteiger partial charge in [-0.1, -0.05) is 50.6 Å². The third-order valence-corrected chi connectivity index (χ3v) is 4.88. The number of ether oxygens (including phenoxy) is 1. The lowest BCUT2D eigenvalue weighted by Gasteiger charge is -2.19. The summed E-state index contributed by atoms with van der Waals surface area (Å²) in [6.07, 6.45) is 1.71. The van der Waals surface area contributed by atoms with Gasteiger partial charge in [0.25, 0.3) is 5.91 Å². The number of amides is 1. The van der Waals surface area contributed by atoms with E-state index in [9.17, 15) is 4.79 Å². The normalized spacial score (nSPS) is 11.3. The van der Waals surface area contributed by atoms with Gasteiger partial charge in [0, 0.05) is 16.9 Å². The zero-order valence-electron chi connectivity index (χ0n) is 16.5. The van der Waals surface area contributed by atoms with Crippen LogP contribution in [0.3, 0.4) is 0 Å². The first-order valence-electron chi connectivity index (χ1n) is 9.07. The van der Waals surface area contributed by atoms with Crippen molar-refractivity contribution in [2.45, 2.75) is 39.8 Å². The van der Waals surface area contributed by atoms with E-state index in [1.165, 1.54) is 5.56 Å². The average Bonchev–Trinajstić information content (AvgIpc) is 3.12. The number of aromatic nitrogens is 2. The standard InChI is InChI=1S/C22H24ClN3O2/c1-15-18(23)6-5-7-19(15)24-21(27)20-12-13-26(25-20)14-28-17-10-8-16(9-11-17)22(2,3)4/h5-13H,14H2,1-4H3,(H,24,27). The second-order valence-corrected chi connectivity index (χ2v) is 8.06. The molecule has 3 rings (SSSR count). The van der Waals surface area contributed by atoms with Gasteiger partial charge in [-0.3, -0.25) is 4.79 Å².